The number of likely N-dealkylation sites (tertiary alicyclic amines) is 1. The van der Waals surface area contributed by atoms with E-state index in [1.165, 1.54) is 4.70 Å². The number of fused-ring (bicyclic) bond motifs is 1. The summed E-state index contributed by atoms with van der Waals surface area (Å²) >= 11 is 1.68. The lowest BCUT2D eigenvalue weighted by Gasteiger charge is -2.23. The number of anilines is 1. The summed E-state index contributed by atoms with van der Waals surface area (Å²) in [7, 11) is 1.63. The van der Waals surface area contributed by atoms with Crippen LogP contribution in [0.5, 0.6) is 5.75 Å². The molecule has 2 amide bonds. The molecule has 128 valence electrons. The smallest absolute Gasteiger partial charge is 0.322 e. The molecule has 1 aromatic heterocycles. The van der Waals surface area contributed by atoms with Crippen LogP contribution in [-0.4, -0.2) is 29.6 Å². The number of carbonyl (C=O) groups excluding carboxylic acids is 1. The second-order valence-electron chi connectivity index (χ2n) is 6.03. The number of urea groups is 1. The van der Waals surface area contributed by atoms with Gasteiger partial charge in [-0.15, -0.1) is 11.3 Å². The predicted octanol–water partition coefficient (Wildman–Crippen LogP) is 4.67. The highest BCUT2D eigenvalue weighted by Crippen LogP contribution is 2.36. The normalized spacial score (nSPS) is 17.0. The molecule has 2 heterocycles. The fourth-order valence-electron chi connectivity index (χ4n) is 3.17. The number of nitrogens with one attached hydrogen (secondary N) is 1. The average molecular weight is 353 g/mol. The summed E-state index contributed by atoms with van der Waals surface area (Å²) in [6.45, 7) is 0.753. The molecule has 3 aromatic rings. The highest BCUT2D eigenvalue weighted by Gasteiger charge is 2.32. The third-order valence-electron chi connectivity index (χ3n) is 4.45. The molecule has 1 aliphatic rings. The highest BCUT2D eigenvalue weighted by atomic mass is 32.1. The summed E-state index contributed by atoms with van der Waals surface area (Å²) in [6.07, 6.45) is 1.95. The number of hydrogen-bond acceptors (Lipinski definition) is 4. The maximum atomic E-state index is 12.7. The number of para-hydroxylation sites is 1. The molecular formula is C19H19N3O2S. The number of thiazole rings is 1. The minimum absolute atomic E-state index is 0.0515. The summed E-state index contributed by atoms with van der Waals surface area (Å²) in [5.41, 5.74) is 1.77. The first kappa shape index (κ1) is 15.9. The fraction of sp³-hybridized carbons (Fsp3) is 0.263. The van der Waals surface area contributed by atoms with Crippen LogP contribution in [0.25, 0.3) is 10.2 Å². The number of carbonyl (C=O) groups is 1. The Balaban J connectivity index is 1.52. The van der Waals surface area contributed by atoms with Crippen molar-refractivity contribution in [3.05, 3.63) is 53.5 Å². The van der Waals surface area contributed by atoms with Crippen LogP contribution in [0.3, 0.4) is 0 Å². The first-order valence-electron chi connectivity index (χ1n) is 8.32. The summed E-state index contributed by atoms with van der Waals surface area (Å²) in [5, 5.41) is 3.99. The minimum atomic E-state index is -0.0769. The molecule has 5 nitrogen and oxygen atoms in total. The summed E-state index contributed by atoms with van der Waals surface area (Å²) < 4.78 is 6.31. The van der Waals surface area contributed by atoms with Gasteiger partial charge in [-0.25, -0.2) is 9.78 Å². The fourth-order valence-corrected chi connectivity index (χ4v) is 4.28. The van der Waals surface area contributed by atoms with Gasteiger partial charge in [0, 0.05) is 12.2 Å². The van der Waals surface area contributed by atoms with E-state index in [9.17, 15) is 4.79 Å². The van der Waals surface area contributed by atoms with E-state index in [2.05, 4.69) is 11.4 Å². The Labute approximate surface area is 150 Å². The van der Waals surface area contributed by atoms with Crippen molar-refractivity contribution in [3.8, 4) is 5.75 Å². The molecule has 1 unspecified atom stereocenters. The van der Waals surface area contributed by atoms with Gasteiger partial charge in [0.2, 0.25) is 0 Å². The molecule has 1 aliphatic heterocycles. The lowest BCUT2D eigenvalue weighted by atomic mass is 10.2. The van der Waals surface area contributed by atoms with Crippen LogP contribution in [0.2, 0.25) is 0 Å². The number of ether oxygens (including phenoxy) is 1. The maximum Gasteiger partial charge on any atom is 0.322 e. The molecule has 4 rings (SSSR count). The van der Waals surface area contributed by atoms with E-state index >= 15 is 0 Å². The van der Waals surface area contributed by atoms with Crippen molar-refractivity contribution in [1.82, 2.24) is 9.88 Å². The van der Waals surface area contributed by atoms with Crippen molar-refractivity contribution in [3.63, 3.8) is 0 Å². The molecule has 1 fully saturated rings. The van der Waals surface area contributed by atoms with Crippen molar-refractivity contribution < 1.29 is 9.53 Å². The molecule has 0 saturated carbocycles. The van der Waals surface area contributed by atoms with Crippen LogP contribution in [0.4, 0.5) is 10.5 Å². The van der Waals surface area contributed by atoms with Gasteiger partial charge in [0.1, 0.15) is 10.8 Å². The van der Waals surface area contributed by atoms with Crippen LogP contribution in [0, 0.1) is 0 Å². The van der Waals surface area contributed by atoms with Gasteiger partial charge in [0.05, 0.1) is 23.4 Å². The van der Waals surface area contributed by atoms with Gasteiger partial charge in [-0.3, -0.25) is 0 Å². The van der Waals surface area contributed by atoms with Crippen LogP contribution in [0.15, 0.2) is 48.5 Å². The number of nitrogens with zero attached hydrogens (tertiary/aromatic N) is 2. The molecular weight excluding hydrogens is 334 g/mol. The van der Waals surface area contributed by atoms with Gasteiger partial charge >= 0.3 is 6.03 Å². The number of amides is 2. The molecule has 1 saturated heterocycles. The molecule has 0 bridgehead atoms. The molecule has 1 N–H and O–H groups in total. The van der Waals surface area contributed by atoms with Crippen molar-refractivity contribution >= 4 is 33.3 Å². The van der Waals surface area contributed by atoms with Crippen LogP contribution < -0.4 is 10.1 Å². The third kappa shape index (κ3) is 3.17. The van der Waals surface area contributed by atoms with E-state index < -0.39 is 0 Å². The van der Waals surface area contributed by atoms with Crippen molar-refractivity contribution in [2.75, 3.05) is 19.0 Å². The average Bonchev–Trinajstić information content (AvgIpc) is 3.28. The van der Waals surface area contributed by atoms with E-state index in [0.29, 0.717) is 0 Å². The zero-order chi connectivity index (χ0) is 17.2. The summed E-state index contributed by atoms with van der Waals surface area (Å²) in [4.78, 5) is 19.4. The maximum absolute atomic E-state index is 12.7. The number of benzene rings is 2. The first-order valence-corrected chi connectivity index (χ1v) is 9.13. The Kier molecular flexibility index (Phi) is 4.28. The van der Waals surface area contributed by atoms with Crippen LogP contribution in [-0.2, 0) is 0 Å². The summed E-state index contributed by atoms with van der Waals surface area (Å²) in [6, 6.07) is 15.5. The Morgan fingerprint density at radius 3 is 2.80 bits per heavy atom. The Bertz CT molecular complexity index is 858. The number of hydrogen-bond donors (Lipinski definition) is 1. The lowest BCUT2D eigenvalue weighted by molar-refractivity contribution is 0.207. The van der Waals surface area contributed by atoms with Crippen molar-refractivity contribution in [2.45, 2.75) is 18.9 Å². The number of aromatic nitrogens is 1. The van der Waals surface area contributed by atoms with Gasteiger partial charge in [0.25, 0.3) is 0 Å². The Morgan fingerprint density at radius 2 is 2.04 bits per heavy atom. The lowest BCUT2D eigenvalue weighted by Crippen LogP contribution is -2.34. The van der Waals surface area contributed by atoms with Crippen LogP contribution in [0.1, 0.15) is 23.9 Å². The van der Waals surface area contributed by atoms with Gasteiger partial charge in [-0.2, -0.15) is 0 Å². The van der Waals surface area contributed by atoms with E-state index in [0.717, 1.165) is 41.3 Å². The molecule has 6 heteroatoms. The first-order chi connectivity index (χ1) is 12.2. The van der Waals surface area contributed by atoms with Gasteiger partial charge in [0.15, 0.2) is 0 Å². The molecule has 2 aromatic carbocycles. The van der Waals surface area contributed by atoms with Gasteiger partial charge in [-0.1, -0.05) is 12.1 Å². The molecule has 1 atom stereocenters. The van der Waals surface area contributed by atoms with Crippen molar-refractivity contribution in [2.24, 2.45) is 0 Å². The monoisotopic (exact) mass is 353 g/mol. The van der Waals surface area contributed by atoms with E-state index in [4.69, 9.17) is 9.72 Å². The van der Waals surface area contributed by atoms with Gasteiger partial charge < -0.3 is 15.0 Å². The molecule has 0 aliphatic carbocycles. The van der Waals surface area contributed by atoms with Crippen molar-refractivity contribution in [1.29, 1.82) is 0 Å². The predicted molar refractivity (Wildman–Crippen MR) is 100 cm³/mol. The molecule has 25 heavy (non-hydrogen) atoms. The quantitative estimate of drug-likeness (QED) is 0.744. The number of rotatable bonds is 3. The van der Waals surface area contributed by atoms with E-state index in [1.807, 2.05) is 47.4 Å². The zero-order valence-corrected chi connectivity index (χ0v) is 14.8. The largest absolute Gasteiger partial charge is 0.497 e. The third-order valence-corrected chi connectivity index (χ3v) is 5.59. The minimum Gasteiger partial charge on any atom is -0.497 e. The second-order valence-corrected chi connectivity index (χ2v) is 7.09. The van der Waals surface area contributed by atoms with E-state index in [1.54, 1.807) is 18.4 Å². The second kappa shape index (κ2) is 6.72. The zero-order valence-electron chi connectivity index (χ0n) is 13.9. The van der Waals surface area contributed by atoms with E-state index in [-0.39, 0.29) is 12.1 Å². The summed E-state index contributed by atoms with van der Waals surface area (Å²) in [5.74, 6) is 0.770. The standard InChI is InChI=1S/C19H19N3O2S/c1-24-14-10-8-13(9-11-14)20-19(23)22-12-4-6-16(22)18-21-15-5-2-3-7-17(15)25-18/h2-3,5,7-11,16H,4,6,12H2,1H3,(H,20,23). The Hall–Kier alpha value is -2.60. The Morgan fingerprint density at radius 1 is 1.24 bits per heavy atom. The molecule has 0 radical (unpaired) electrons. The van der Waals surface area contributed by atoms with Crippen LogP contribution >= 0.6 is 11.3 Å². The molecule has 0 spiro atoms. The highest BCUT2D eigenvalue weighted by molar-refractivity contribution is 7.18. The van der Waals surface area contributed by atoms with Gasteiger partial charge in [-0.05, 0) is 49.2 Å². The topological polar surface area (TPSA) is 54.5 Å². The SMILES string of the molecule is COc1ccc(NC(=O)N2CCCC2c2nc3ccccc3s2)cc1. The number of methoxy groups -OCH3 is 1.